The van der Waals surface area contributed by atoms with Gasteiger partial charge in [-0.05, 0) is 136 Å². The summed E-state index contributed by atoms with van der Waals surface area (Å²) in [5, 5.41) is 7.43. The van der Waals surface area contributed by atoms with Crippen molar-refractivity contribution >= 4 is 0 Å². The second-order valence-electron chi connectivity index (χ2n) is 19.1. The van der Waals surface area contributed by atoms with Crippen LogP contribution in [0.3, 0.4) is 0 Å². The number of rotatable bonds is 8. The fourth-order valence-electron chi connectivity index (χ4n) is 5.59. The monoisotopic (exact) mass is 971 g/mol. The molecular weight excluding hydrogens is 885 g/mol. The van der Waals surface area contributed by atoms with E-state index in [1.807, 2.05) is 134 Å². The molecule has 0 saturated heterocycles. The smallest absolute Gasteiger partial charge is 0.130 e. The standard InChI is InChI=1S/6C8H11N.2C7H10N2/c1-7(2)8-3-5-9-6-4-8;2*1-7(2)8-4-3-5-9-6-8;3*1-7(2)8-5-3-4-6-9-8;1-6(2)7-3-4-8-9-5-7;1-6(2)7-8-4-3-5-9-7/h6*3-7H,1-2H3;2*3-6H,1-2H3. The fraction of sp³-hybridized carbons (Fsp3) is 0.387. The summed E-state index contributed by atoms with van der Waals surface area (Å²) in [5.74, 6) is 5.36. The zero-order valence-electron chi connectivity index (χ0n) is 46.4. The van der Waals surface area contributed by atoms with Gasteiger partial charge in [0.2, 0.25) is 0 Å². The molecule has 0 aliphatic heterocycles. The third kappa shape index (κ3) is 30.6. The molecule has 72 heavy (non-hydrogen) atoms. The number of aromatic nitrogens is 10. The first-order valence-corrected chi connectivity index (χ1v) is 25.4. The lowest BCUT2D eigenvalue weighted by Crippen LogP contribution is -1.93. The number of hydrogen-bond donors (Lipinski definition) is 0. The largest absolute Gasteiger partial charge is 0.265 e. The molecule has 0 atom stereocenters. The highest BCUT2D eigenvalue weighted by molar-refractivity contribution is 5.15. The third-order valence-electron chi connectivity index (χ3n) is 10.3. The van der Waals surface area contributed by atoms with E-state index in [0.717, 1.165) is 22.9 Å². The van der Waals surface area contributed by atoms with Crippen molar-refractivity contribution in [3.63, 3.8) is 0 Å². The molecular formula is C62H86N10. The Bertz CT molecular complexity index is 1870. The fourth-order valence-corrected chi connectivity index (χ4v) is 5.59. The van der Waals surface area contributed by atoms with Crippen LogP contribution in [-0.2, 0) is 0 Å². The molecule has 0 bridgehead atoms. The average molecular weight is 971 g/mol. The molecule has 0 radical (unpaired) electrons. The zero-order valence-corrected chi connectivity index (χ0v) is 46.4. The second-order valence-corrected chi connectivity index (χ2v) is 19.1. The maximum Gasteiger partial charge on any atom is 0.130 e. The molecule has 8 rings (SSSR count). The van der Waals surface area contributed by atoms with E-state index in [2.05, 4.69) is 173 Å². The third-order valence-corrected chi connectivity index (χ3v) is 10.3. The summed E-state index contributed by atoms with van der Waals surface area (Å²) in [7, 11) is 0. The summed E-state index contributed by atoms with van der Waals surface area (Å²) >= 11 is 0. The van der Waals surface area contributed by atoms with Gasteiger partial charge in [-0.25, -0.2) is 9.97 Å². The van der Waals surface area contributed by atoms with E-state index in [9.17, 15) is 0 Å². The molecule has 0 aliphatic rings. The maximum atomic E-state index is 4.18. The van der Waals surface area contributed by atoms with E-state index in [1.165, 1.54) is 22.3 Å². The molecule has 384 valence electrons. The first-order valence-electron chi connectivity index (χ1n) is 25.4. The predicted octanol–water partition coefficient (Wildman–Crippen LogP) is 16.4. The van der Waals surface area contributed by atoms with Crippen molar-refractivity contribution in [2.45, 2.75) is 158 Å². The minimum absolute atomic E-state index is 0.436. The lowest BCUT2D eigenvalue weighted by Gasteiger charge is -2.01. The highest BCUT2D eigenvalue weighted by Crippen LogP contribution is 2.14. The van der Waals surface area contributed by atoms with Crippen molar-refractivity contribution in [2.75, 3.05) is 0 Å². The first-order chi connectivity index (χ1) is 34.4. The quantitative estimate of drug-likeness (QED) is 0.145. The van der Waals surface area contributed by atoms with E-state index in [-0.39, 0.29) is 0 Å². The number of nitrogens with zero attached hydrogens (tertiary/aromatic N) is 10. The molecule has 0 amide bonds. The van der Waals surface area contributed by atoms with Gasteiger partial charge in [-0.2, -0.15) is 10.2 Å². The Labute approximate surface area is 435 Å². The Morgan fingerprint density at radius 3 is 0.806 bits per heavy atom. The maximum absolute atomic E-state index is 4.18. The molecule has 10 heteroatoms. The summed E-state index contributed by atoms with van der Waals surface area (Å²) in [6, 6.07) is 34.0. The Morgan fingerprint density at radius 1 is 0.236 bits per heavy atom. The highest BCUT2D eigenvalue weighted by Gasteiger charge is 2.00. The van der Waals surface area contributed by atoms with Crippen LogP contribution >= 0.6 is 0 Å². The lowest BCUT2D eigenvalue weighted by atomic mass is 10.1. The number of pyridine rings is 6. The molecule has 10 nitrogen and oxygen atoms in total. The Kier molecular flexibility index (Phi) is 34.0. The van der Waals surface area contributed by atoms with Gasteiger partial charge in [0.05, 0.1) is 6.20 Å². The summed E-state index contributed by atoms with van der Waals surface area (Å²) in [5.41, 5.74) is 8.69. The normalized spacial score (nSPS) is 10.1. The van der Waals surface area contributed by atoms with Crippen LogP contribution in [0.4, 0.5) is 0 Å². The topological polar surface area (TPSA) is 129 Å². The van der Waals surface area contributed by atoms with Crippen LogP contribution in [0.25, 0.3) is 0 Å². The van der Waals surface area contributed by atoms with Crippen LogP contribution in [0.1, 0.15) is 203 Å². The lowest BCUT2D eigenvalue weighted by molar-refractivity contribution is 0.774. The second kappa shape index (κ2) is 38.8. The van der Waals surface area contributed by atoms with Gasteiger partial charge in [-0.15, -0.1) is 0 Å². The van der Waals surface area contributed by atoms with Crippen LogP contribution in [0.15, 0.2) is 184 Å². The van der Waals surface area contributed by atoms with Crippen molar-refractivity contribution in [1.82, 2.24) is 50.1 Å². The van der Waals surface area contributed by atoms with Crippen LogP contribution in [0.5, 0.6) is 0 Å². The van der Waals surface area contributed by atoms with E-state index in [4.69, 9.17) is 0 Å². The molecule has 8 aromatic heterocycles. The van der Waals surface area contributed by atoms with Crippen molar-refractivity contribution in [3.05, 3.63) is 229 Å². The summed E-state index contributed by atoms with van der Waals surface area (Å²) in [4.78, 5) is 32.6. The van der Waals surface area contributed by atoms with Gasteiger partial charge < -0.3 is 0 Å². The molecule has 8 heterocycles. The average Bonchev–Trinajstić information content (AvgIpc) is 3.42. The highest BCUT2D eigenvalue weighted by atomic mass is 15.1. The van der Waals surface area contributed by atoms with Crippen molar-refractivity contribution < 1.29 is 0 Å². The van der Waals surface area contributed by atoms with E-state index in [1.54, 1.807) is 37.2 Å². The molecule has 0 fully saturated rings. The van der Waals surface area contributed by atoms with E-state index < -0.39 is 0 Å². The molecule has 8 aromatic rings. The Hall–Kier alpha value is -6.94. The summed E-state index contributed by atoms with van der Waals surface area (Å²) in [6.07, 6.45) is 23.6. The van der Waals surface area contributed by atoms with Gasteiger partial charge in [-0.3, -0.25) is 29.9 Å². The Morgan fingerprint density at radius 2 is 0.597 bits per heavy atom. The van der Waals surface area contributed by atoms with Crippen LogP contribution in [0.2, 0.25) is 0 Å². The van der Waals surface area contributed by atoms with Gasteiger partial charge >= 0.3 is 0 Å². The SMILES string of the molecule is CC(C)c1ccccn1.CC(C)c1ccccn1.CC(C)c1ccccn1.CC(C)c1cccnc1.CC(C)c1cccnc1.CC(C)c1ccncc1.CC(C)c1ccnnc1.CC(C)c1ncccn1. The van der Waals surface area contributed by atoms with Crippen LogP contribution < -0.4 is 0 Å². The van der Waals surface area contributed by atoms with E-state index >= 15 is 0 Å². The number of hydrogen-bond acceptors (Lipinski definition) is 10. The van der Waals surface area contributed by atoms with Crippen LogP contribution in [-0.4, -0.2) is 50.1 Å². The minimum Gasteiger partial charge on any atom is -0.265 e. The molecule has 0 unspecified atom stereocenters. The summed E-state index contributed by atoms with van der Waals surface area (Å²) in [6.45, 7) is 34.3. The summed E-state index contributed by atoms with van der Waals surface area (Å²) < 4.78 is 0. The molecule has 0 saturated carbocycles. The first kappa shape index (κ1) is 63.1. The minimum atomic E-state index is 0.436. The molecule has 0 spiro atoms. The zero-order chi connectivity index (χ0) is 53.5. The molecule has 0 N–H and O–H groups in total. The van der Waals surface area contributed by atoms with E-state index in [0.29, 0.717) is 47.3 Å². The van der Waals surface area contributed by atoms with Gasteiger partial charge in [0.25, 0.3) is 0 Å². The van der Waals surface area contributed by atoms with Crippen molar-refractivity contribution in [1.29, 1.82) is 0 Å². The predicted molar refractivity (Wildman–Crippen MR) is 302 cm³/mol. The van der Waals surface area contributed by atoms with Crippen molar-refractivity contribution in [2.24, 2.45) is 0 Å². The van der Waals surface area contributed by atoms with Gasteiger partial charge in [-0.1, -0.05) is 141 Å². The van der Waals surface area contributed by atoms with Gasteiger partial charge in [0, 0.05) is 97.4 Å². The molecule has 0 aliphatic carbocycles. The van der Waals surface area contributed by atoms with Crippen molar-refractivity contribution in [3.8, 4) is 0 Å². The van der Waals surface area contributed by atoms with Crippen LogP contribution in [0, 0.1) is 0 Å². The van der Waals surface area contributed by atoms with Gasteiger partial charge in [0.1, 0.15) is 5.82 Å². The molecule has 0 aromatic carbocycles. The Balaban J connectivity index is 0.000000411. The van der Waals surface area contributed by atoms with Gasteiger partial charge in [0.15, 0.2) is 0 Å².